The first-order chi connectivity index (χ1) is 9.97. The van der Waals surface area contributed by atoms with E-state index in [4.69, 9.17) is 5.11 Å². The van der Waals surface area contributed by atoms with Crippen LogP contribution in [-0.4, -0.2) is 23.1 Å². The number of benzene rings is 1. The molecule has 0 radical (unpaired) electrons. The Kier molecular flexibility index (Phi) is 4.83. The highest BCUT2D eigenvalue weighted by Crippen LogP contribution is 2.27. The number of nitrogens with one attached hydrogen (secondary N) is 2. The maximum absolute atomic E-state index is 12.0. The molecular formula is C16H22N2O3. The quantitative estimate of drug-likeness (QED) is 0.795. The lowest BCUT2D eigenvalue weighted by molar-refractivity contribution is 0.0696. The number of carbonyl (C=O) groups excluding carboxylic acids is 1. The maximum atomic E-state index is 12.0. The van der Waals surface area contributed by atoms with Crippen molar-refractivity contribution in [3.05, 3.63) is 29.3 Å². The third-order valence-corrected chi connectivity index (χ3v) is 4.18. The van der Waals surface area contributed by atoms with Gasteiger partial charge < -0.3 is 15.7 Å². The zero-order valence-electron chi connectivity index (χ0n) is 12.5. The molecule has 1 aliphatic carbocycles. The highest BCUT2D eigenvalue weighted by atomic mass is 16.4. The van der Waals surface area contributed by atoms with Crippen LogP contribution < -0.4 is 10.6 Å². The fraction of sp³-hybridized carbons (Fsp3) is 0.500. The van der Waals surface area contributed by atoms with Gasteiger partial charge in [0, 0.05) is 11.7 Å². The average molecular weight is 290 g/mol. The Balaban J connectivity index is 1.93. The van der Waals surface area contributed by atoms with Gasteiger partial charge in [0.2, 0.25) is 0 Å². The first-order valence-electron chi connectivity index (χ1n) is 7.39. The van der Waals surface area contributed by atoms with E-state index in [1.807, 2.05) is 6.92 Å². The smallest absolute Gasteiger partial charge is 0.335 e. The van der Waals surface area contributed by atoms with Crippen LogP contribution in [0.2, 0.25) is 0 Å². The van der Waals surface area contributed by atoms with Gasteiger partial charge in [-0.2, -0.15) is 0 Å². The topological polar surface area (TPSA) is 78.4 Å². The van der Waals surface area contributed by atoms with Crippen molar-refractivity contribution in [2.24, 2.45) is 5.92 Å². The van der Waals surface area contributed by atoms with Crippen LogP contribution in [-0.2, 0) is 0 Å². The van der Waals surface area contributed by atoms with Gasteiger partial charge >= 0.3 is 12.0 Å². The molecule has 2 amide bonds. The molecular weight excluding hydrogens is 268 g/mol. The molecule has 1 aromatic rings. The van der Waals surface area contributed by atoms with Gasteiger partial charge in [-0.1, -0.05) is 12.8 Å². The number of urea groups is 1. The molecule has 114 valence electrons. The van der Waals surface area contributed by atoms with Gasteiger partial charge in [0.25, 0.3) is 0 Å². The summed E-state index contributed by atoms with van der Waals surface area (Å²) in [6.45, 7) is 3.75. The Hall–Kier alpha value is -2.04. The first-order valence-corrected chi connectivity index (χ1v) is 7.39. The minimum atomic E-state index is -0.960. The number of carbonyl (C=O) groups is 2. The molecule has 0 saturated heterocycles. The number of aromatic carboxylic acids is 1. The largest absolute Gasteiger partial charge is 0.478 e. The van der Waals surface area contributed by atoms with Crippen LogP contribution in [0.5, 0.6) is 0 Å². The van der Waals surface area contributed by atoms with E-state index in [-0.39, 0.29) is 17.6 Å². The number of anilines is 1. The van der Waals surface area contributed by atoms with E-state index in [1.165, 1.54) is 31.7 Å². The van der Waals surface area contributed by atoms with Crippen LogP contribution in [0.4, 0.5) is 10.5 Å². The van der Waals surface area contributed by atoms with Gasteiger partial charge in [-0.05, 0) is 56.4 Å². The van der Waals surface area contributed by atoms with E-state index in [2.05, 4.69) is 10.6 Å². The number of carboxylic acids is 1. The fourth-order valence-electron chi connectivity index (χ4n) is 2.93. The molecule has 0 aromatic heterocycles. The third kappa shape index (κ3) is 3.97. The molecule has 1 saturated carbocycles. The number of aryl methyl sites for hydroxylation is 1. The van der Waals surface area contributed by atoms with Crippen LogP contribution >= 0.6 is 0 Å². The average Bonchev–Trinajstić information content (AvgIpc) is 2.91. The van der Waals surface area contributed by atoms with E-state index < -0.39 is 5.97 Å². The molecule has 1 atom stereocenters. The standard InChI is InChI=1S/C16H22N2O3/c1-10-9-13(7-8-14(10)15(19)20)18-16(21)17-11(2)12-5-3-4-6-12/h7-9,11-12H,3-6H2,1-2H3,(H,19,20)(H2,17,18,21). The lowest BCUT2D eigenvalue weighted by Crippen LogP contribution is -2.39. The monoisotopic (exact) mass is 290 g/mol. The second-order valence-corrected chi connectivity index (χ2v) is 5.77. The second-order valence-electron chi connectivity index (χ2n) is 5.77. The van der Waals surface area contributed by atoms with Gasteiger partial charge in [-0.25, -0.2) is 9.59 Å². The maximum Gasteiger partial charge on any atom is 0.335 e. The Labute approximate surface area is 124 Å². The van der Waals surface area contributed by atoms with Crippen molar-refractivity contribution in [2.45, 2.75) is 45.6 Å². The minimum absolute atomic E-state index is 0.159. The number of hydrogen-bond acceptors (Lipinski definition) is 2. The van der Waals surface area contributed by atoms with Gasteiger partial charge in [0.15, 0.2) is 0 Å². The van der Waals surface area contributed by atoms with Crippen molar-refractivity contribution in [3.8, 4) is 0 Å². The van der Waals surface area contributed by atoms with Crippen molar-refractivity contribution in [2.75, 3.05) is 5.32 Å². The Morgan fingerprint density at radius 2 is 1.95 bits per heavy atom. The zero-order valence-corrected chi connectivity index (χ0v) is 12.5. The van der Waals surface area contributed by atoms with E-state index in [1.54, 1.807) is 19.1 Å². The van der Waals surface area contributed by atoms with Crippen LogP contribution in [0, 0.1) is 12.8 Å². The third-order valence-electron chi connectivity index (χ3n) is 4.18. The summed E-state index contributed by atoms with van der Waals surface area (Å²) in [4.78, 5) is 22.9. The van der Waals surface area contributed by atoms with E-state index in [0.717, 1.165) is 0 Å². The van der Waals surface area contributed by atoms with Crippen LogP contribution in [0.3, 0.4) is 0 Å². The molecule has 0 aliphatic heterocycles. The number of carboxylic acid groups (broad SMARTS) is 1. The molecule has 3 N–H and O–H groups in total. The summed E-state index contributed by atoms with van der Waals surface area (Å²) in [6.07, 6.45) is 4.84. The molecule has 1 aliphatic rings. The highest BCUT2D eigenvalue weighted by molar-refractivity contribution is 5.92. The summed E-state index contributed by atoms with van der Waals surface area (Å²) in [5, 5.41) is 14.7. The molecule has 5 heteroatoms. The molecule has 0 bridgehead atoms. The lowest BCUT2D eigenvalue weighted by atomic mass is 10.0. The SMILES string of the molecule is Cc1cc(NC(=O)NC(C)C2CCCC2)ccc1C(=O)O. The van der Waals surface area contributed by atoms with Crippen molar-refractivity contribution < 1.29 is 14.7 Å². The Morgan fingerprint density at radius 3 is 2.52 bits per heavy atom. The van der Waals surface area contributed by atoms with Gasteiger partial charge in [-0.15, -0.1) is 0 Å². The molecule has 0 heterocycles. The minimum Gasteiger partial charge on any atom is -0.478 e. The van der Waals surface area contributed by atoms with Crippen molar-refractivity contribution >= 4 is 17.7 Å². The van der Waals surface area contributed by atoms with Crippen molar-refractivity contribution in [1.82, 2.24) is 5.32 Å². The van der Waals surface area contributed by atoms with Gasteiger partial charge in [0.05, 0.1) is 5.56 Å². The highest BCUT2D eigenvalue weighted by Gasteiger charge is 2.22. The van der Waals surface area contributed by atoms with E-state index >= 15 is 0 Å². The number of hydrogen-bond donors (Lipinski definition) is 3. The lowest BCUT2D eigenvalue weighted by Gasteiger charge is -2.20. The molecule has 0 spiro atoms. The number of rotatable bonds is 4. The predicted molar refractivity (Wildman–Crippen MR) is 81.7 cm³/mol. The van der Waals surface area contributed by atoms with Crippen molar-refractivity contribution in [3.63, 3.8) is 0 Å². The summed E-state index contributed by atoms with van der Waals surface area (Å²) in [5.41, 5.74) is 1.48. The summed E-state index contributed by atoms with van der Waals surface area (Å²) >= 11 is 0. The fourth-order valence-corrected chi connectivity index (χ4v) is 2.93. The molecule has 5 nitrogen and oxygen atoms in total. The summed E-state index contributed by atoms with van der Waals surface area (Å²) in [5.74, 6) is -0.398. The number of amides is 2. The normalized spacial score (nSPS) is 16.5. The van der Waals surface area contributed by atoms with Crippen LogP contribution in [0.1, 0.15) is 48.5 Å². The first kappa shape index (κ1) is 15.4. The van der Waals surface area contributed by atoms with Crippen LogP contribution in [0.15, 0.2) is 18.2 Å². The summed E-state index contributed by atoms with van der Waals surface area (Å²) in [7, 11) is 0. The van der Waals surface area contributed by atoms with Gasteiger partial charge in [-0.3, -0.25) is 0 Å². The zero-order chi connectivity index (χ0) is 15.4. The molecule has 1 unspecified atom stereocenters. The van der Waals surface area contributed by atoms with Gasteiger partial charge in [0.1, 0.15) is 0 Å². The summed E-state index contributed by atoms with van der Waals surface area (Å²) < 4.78 is 0. The predicted octanol–water partition coefficient (Wildman–Crippen LogP) is 3.39. The molecule has 1 aromatic carbocycles. The second kappa shape index (κ2) is 6.61. The molecule has 1 fully saturated rings. The van der Waals surface area contributed by atoms with Crippen molar-refractivity contribution in [1.29, 1.82) is 0 Å². The molecule has 2 rings (SSSR count). The van der Waals surface area contributed by atoms with E-state index in [9.17, 15) is 9.59 Å². The summed E-state index contributed by atoms with van der Waals surface area (Å²) in [6, 6.07) is 4.71. The van der Waals surface area contributed by atoms with E-state index in [0.29, 0.717) is 17.2 Å². The Morgan fingerprint density at radius 1 is 1.29 bits per heavy atom. The van der Waals surface area contributed by atoms with Crippen LogP contribution in [0.25, 0.3) is 0 Å². The molecule has 21 heavy (non-hydrogen) atoms. The Bertz CT molecular complexity index is 536.